The molecule has 0 bridgehead atoms. The first kappa shape index (κ1) is 31.9. The Kier molecular flexibility index (Phi) is 9.95. The SMILES string of the molecule is Cl.Cl.Cn1nc2c(=O)n(CC3(O)CCN(Cc4ccc(N5CCCC5)cc4F)CC3)cnc2c1-c1ccc(CN)cc1. The number of aryl methyl sites for hydroxylation is 1. The number of halogens is 3. The van der Waals surface area contributed by atoms with Crippen LogP contribution in [0.25, 0.3) is 22.3 Å². The number of aliphatic hydroxyl groups is 1. The Balaban J connectivity index is 0.00000202. The van der Waals surface area contributed by atoms with Crippen molar-refractivity contribution in [3.8, 4) is 11.3 Å². The lowest BCUT2D eigenvalue weighted by Gasteiger charge is -2.38. The second-order valence-corrected chi connectivity index (χ2v) is 11.2. The number of nitrogens with zero attached hydrogens (tertiary/aromatic N) is 6. The van der Waals surface area contributed by atoms with Gasteiger partial charge in [-0.15, -0.1) is 24.8 Å². The summed E-state index contributed by atoms with van der Waals surface area (Å²) in [6.45, 7) is 4.29. The summed E-state index contributed by atoms with van der Waals surface area (Å²) in [5.41, 5.74) is 9.50. The Bertz CT molecular complexity index is 1580. The van der Waals surface area contributed by atoms with E-state index in [0.29, 0.717) is 50.1 Å². The first-order valence-corrected chi connectivity index (χ1v) is 14.0. The molecule has 0 amide bonds. The molecule has 6 rings (SSSR count). The maximum absolute atomic E-state index is 14.9. The van der Waals surface area contributed by atoms with Gasteiger partial charge in [0.15, 0.2) is 5.52 Å². The van der Waals surface area contributed by atoms with Crippen LogP contribution in [0.1, 0.15) is 36.8 Å². The van der Waals surface area contributed by atoms with Gasteiger partial charge in [-0.3, -0.25) is 18.9 Å². The highest BCUT2D eigenvalue weighted by Crippen LogP contribution is 2.29. The first-order valence-electron chi connectivity index (χ1n) is 14.0. The molecule has 2 fully saturated rings. The summed E-state index contributed by atoms with van der Waals surface area (Å²) in [6.07, 6.45) is 4.77. The summed E-state index contributed by atoms with van der Waals surface area (Å²) in [6, 6.07) is 13.4. The number of benzene rings is 2. The van der Waals surface area contributed by atoms with Gasteiger partial charge in [0.05, 0.1) is 24.2 Å². The van der Waals surface area contributed by atoms with Crippen molar-refractivity contribution in [1.82, 2.24) is 24.2 Å². The molecule has 9 nitrogen and oxygen atoms in total. The fraction of sp³-hybridized carbons (Fsp3) is 0.433. The van der Waals surface area contributed by atoms with Crippen LogP contribution in [0.5, 0.6) is 0 Å². The summed E-state index contributed by atoms with van der Waals surface area (Å²) in [7, 11) is 1.80. The summed E-state index contributed by atoms with van der Waals surface area (Å²) >= 11 is 0. The van der Waals surface area contributed by atoms with Crippen molar-refractivity contribution < 1.29 is 9.50 Å². The second kappa shape index (κ2) is 13.1. The quantitative estimate of drug-likeness (QED) is 0.324. The largest absolute Gasteiger partial charge is 0.388 e. The van der Waals surface area contributed by atoms with Crippen molar-refractivity contribution >= 4 is 41.5 Å². The van der Waals surface area contributed by atoms with Crippen molar-refractivity contribution in [3.63, 3.8) is 0 Å². The van der Waals surface area contributed by atoms with Crippen LogP contribution in [0.2, 0.25) is 0 Å². The van der Waals surface area contributed by atoms with E-state index >= 15 is 0 Å². The molecule has 0 aliphatic carbocycles. The molecule has 0 radical (unpaired) electrons. The van der Waals surface area contributed by atoms with E-state index in [4.69, 9.17) is 5.73 Å². The number of likely N-dealkylation sites (tertiary alicyclic amines) is 1. The van der Waals surface area contributed by atoms with Gasteiger partial charge < -0.3 is 15.7 Å². The number of piperidine rings is 1. The Morgan fingerprint density at radius 2 is 1.69 bits per heavy atom. The van der Waals surface area contributed by atoms with Crippen LogP contribution in [0.15, 0.2) is 53.6 Å². The third-order valence-electron chi connectivity index (χ3n) is 8.43. The molecule has 226 valence electrons. The molecule has 4 aromatic rings. The zero-order valence-corrected chi connectivity index (χ0v) is 25.3. The van der Waals surface area contributed by atoms with Gasteiger partial charge in [0.2, 0.25) is 0 Å². The fourth-order valence-corrected chi connectivity index (χ4v) is 6.01. The fourth-order valence-electron chi connectivity index (χ4n) is 6.01. The number of anilines is 1. The third kappa shape index (κ3) is 6.33. The van der Waals surface area contributed by atoms with Crippen molar-refractivity contribution in [2.75, 3.05) is 31.1 Å². The number of hydrogen-bond donors (Lipinski definition) is 2. The molecule has 2 aliphatic heterocycles. The van der Waals surface area contributed by atoms with Gasteiger partial charge >= 0.3 is 0 Å². The molecule has 2 saturated heterocycles. The van der Waals surface area contributed by atoms with E-state index in [1.54, 1.807) is 17.8 Å². The van der Waals surface area contributed by atoms with E-state index in [1.807, 2.05) is 36.4 Å². The number of nitrogens with two attached hydrogens (primary N) is 1. The van der Waals surface area contributed by atoms with E-state index in [9.17, 15) is 14.3 Å². The van der Waals surface area contributed by atoms with Crippen LogP contribution in [0, 0.1) is 5.82 Å². The Labute approximate surface area is 257 Å². The lowest BCUT2D eigenvalue weighted by atomic mass is 9.91. The third-order valence-corrected chi connectivity index (χ3v) is 8.43. The maximum atomic E-state index is 14.9. The summed E-state index contributed by atoms with van der Waals surface area (Å²) in [5, 5.41) is 15.8. The van der Waals surface area contributed by atoms with Gasteiger partial charge in [0.25, 0.3) is 5.56 Å². The Morgan fingerprint density at radius 3 is 2.33 bits per heavy atom. The molecule has 0 unspecified atom stereocenters. The maximum Gasteiger partial charge on any atom is 0.281 e. The highest BCUT2D eigenvalue weighted by atomic mass is 35.5. The number of aromatic nitrogens is 4. The van der Waals surface area contributed by atoms with Gasteiger partial charge in [-0.25, -0.2) is 9.37 Å². The standard InChI is InChI=1S/C30H36FN7O2.2ClH/c1-35-28(22-6-4-21(17-32)5-7-22)26-27(34-35)29(39)38(20-33-26)19-30(40)10-14-36(15-11-30)18-23-8-9-24(16-25(23)31)37-12-2-3-13-37;;/h4-9,16,20,40H,2-3,10-15,17-19,32H2,1H3;2*1H. The van der Waals surface area contributed by atoms with Gasteiger partial charge in [0.1, 0.15) is 11.3 Å². The molecular formula is C30H38Cl2FN7O2. The molecule has 42 heavy (non-hydrogen) atoms. The lowest BCUT2D eigenvalue weighted by molar-refractivity contribution is -0.0366. The zero-order chi connectivity index (χ0) is 27.9. The smallest absolute Gasteiger partial charge is 0.281 e. The molecule has 0 saturated carbocycles. The van der Waals surface area contributed by atoms with E-state index in [2.05, 4.69) is 19.9 Å². The zero-order valence-electron chi connectivity index (χ0n) is 23.7. The van der Waals surface area contributed by atoms with Crippen molar-refractivity contribution in [1.29, 1.82) is 0 Å². The molecule has 0 atom stereocenters. The van der Waals surface area contributed by atoms with Gasteiger partial charge in [-0.05, 0) is 43.4 Å². The molecule has 3 N–H and O–H groups in total. The molecule has 2 aromatic carbocycles. The Morgan fingerprint density at radius 1 is 1.00 bits per heavy atom. The van der Waals surface area contributed by atoms with Crippen LogP contribution in [-0.4, -0.2) is 61.1 Å². The molecule has 4 heterocycles. The lowest BCUT2D eigenvalue weighted by Crippen LogP contribution is -2.47. The highest BCUT2D eigenvalue weighted by molar-refractivity contribution is 5.89. The van der Waals surface area contributed by atoms with E-state index in [-0.39, 0.29) is 48.3 Å². The van der Waals surface area contributed by atoms with Crippen LogP contribution in [0.4, 0.5) is 10.1 Å². The Hall–Kier alpha value is -3.02. The van der Waals surface area contributed by atoms with E-state index < -0.39 is 5.60 Å². The van der Waals surface area contributed by atoms with Gasteiger partial charge in [0, 0.05) is 63.1 Å². The van der Waals surface area contributed by atoms with Crippen molar-refractivity contribution in [2.24, 2.45) is 12.8 Å². The summed E-state index contributed by atoms with van der Waals surface area (Å²) < 4.78 is 18.0. The topological polar surface area (TPSA) is 105 Å². The monoisotopic (exact) mass is 617 g/mol. The normalized spacial score (nSPS) is 16.8. The van der Waals surface area contributed by atoms with E-state index in [0.717, 1.165) is 48.4 Å². The minimum absolute atomic E-state index is 0. The minimum atomic E-state index is -1.05. The predicted octanol–water partition coefficient (Wildman–Crippen LogP) is 3.87. The molecule has 0 spiro atoms. The van der Waals surface area contributed by atoms with E-state index in [1.165, 1.54) is 10.9 Å². The summed E-state index contributed by atoms with van der Waals surface area (Å²) in [4.78, 5) is 22.3. The highest BCUT2D eigenvalue weighted by Gasteiger charge is 2.34. The summed E-state index contributed by atoms with van der Waals surface area (Å²) in [5.74, 6) is -0.179. The molecule has 2 aliphatic rings. The number of rotatable bonds is 7. The first-order chi connectivity index (χ1) is 19.3. The van der Waals surface area contributed by atoms with Crippen molar-refractivity contribution in [3.05, 3.63) is 76.1 Å². The second-order valence-electron chi connectivity index (χ2n) is 11.2. The number of fused-ring (bicyclic) bond motifs is 1. The molecular weight excluding hydrogens is 580 g/mol. The van der Waals surface area contributed by atoms with Crippen molar-refractivity contribution in [2.45, 2.75) is 50.9 Å². The van der Waals surface area contributed by atoms with Crippen LogP contribution < -0.4 is 16.2 Å². The number of hydrogen-bond acceptors (Lipinski definition) is 7. The average Bonchev–Trinajstić information content (AvgIpc) is 3.61. The average molecular weight is 619 g/mol. The predicted molar refractivity (Wildman–Crippen MR) is 168 cm³/mol. The molecule has 2 aromatic heterocycles. The van der Waals surface area contributed by atoms with Crippen LogP contribution in [-0.2, 0) is 26.7 Å². The molecule has 12 heteroatoms. The van der Waals surface area contributed by atoms with Crippen LogP contribution in [0.3, 0.4) is 0 Å². The van der Waals surface area contributed by atoms with Gasteiger partial charge in [-0.2, -0.15) is 5.10 Å². The minimum Gasteiger partial charge on any atom is -0.388 e. The van der Waals surface area contributed by atoms with Gasteiger partial charge in [-0.1, -0.05) is 30.3 Å². The van der Waals surface area contributed by atoms with Crippen LogP contribution >= 0.6 is 24.8 Å².